The Kier molecular flexibility index (Phi) is 5.64. The Morgan fingerprint density at radius 1 is 1.07 bits per heavy atom. The van der Waals surface area contributed by atoms with Crippen LogP contribution in [0.2, 0.25) is 0 Å². The molecule has 3 aromatic rings. The zero-order valence-electron chi connectivity index (χ0n) is 15.7. The van der Waals surface area contributed by atoms with Crippen molar-refractivity contribution in [2.24, 2.45) is 0 Å². The molecule has 0 saturated heterocycles. The van der Waals surface area contributed by atoms with E-state index in [0.29, 0.717) is 18.7 Å². The highest BCUT2D eigenvalue weighted by molar-refractivity contribution is 5.94. The van der Waals surface area contributed by atoms with Gasteiger partial charge in [0, 0.05) is 49.7 Å². The molecule has 28 heavy (non-hydrogen) atoms. The van der Waals surface area contributed by atoms with Crippen molar-refractivity contribution in [3.8, 4) is 5.75 Å². The van der Waals surface area contributed by atoms with E-state index >= 15 is 0 Å². The van der Waals surface area contributed by atoms with Crippen molar-refractivity contribution in [1.29, 1.82) is 0 Å². The molecule has 1 amide bonds. The molecule has 1 N–H and O–H groups in total. The van der Waals surface area contributed by atoms with Crippen molar-refractivity contribution in [2.45, 2.75) is 19.6 Å². The summed E-state index contributed by atoms with van der Waals surface area (Å²) in [6.45, 7) is 3.53. The predicted molar refractivity (Wildman–Crippen MR) is 108 cm³/mol. The van der Waals surface area contributed by atoms with Gasteiger partial charge in [-0.25, -0.2) is 0 Å². The fraction of sp³-hybridized carbons (Fsp3) is 0.217. The molecule has 0 aliphatic carbocycles. The number of hydrogen-bond acceptors (Lipinski definition) is 4. The highest BCUT2D eigenvalue weighted by Crippen LogP contribution is 2.25. The van der Waals surface area contributed by atoms with Crippen molar-refractivity contribution in [2.75, 3.05) is 13.2 Å². The first-order chi connectivity index (χ1) is 13.8. The Morgan fingerprint density at radius 2 is 1.93 bits per heavy atom. The van der Waals surface area contributed by atoms with Crippen LogP contribution in [0.15, 0.2) is 73.1 Å². The molecular formula is C23H23N3O2. The maximum absolute atomic E-state index is 12.6. The number of hydrogen-bond donors (Lipinski definition) is 1. The Bertz CT molecular complexity index is 929. The van der Waals surface area contributed by atoms with Crippen LogP contribution < -0.4 is 10.1 Å². The first-order valence-electron chi connectivity index (χ1n) is 9.47. The smallest absolute Gasteiger partial charge is 0.251 e. The predicted octanol–water partition coefficient (Wildman–Crippen LogP) is 3.41. The number of aromatic nitrogens is 1. The normalized spacial score (nSPS) is 13.9. The third-order valence-corrected chi connectivity index (χ3v) is 4.81. The van der Waals surface area contributed by atoms with Gasteiger partial charge < -0.3 is 10.1 Å². The van der Waals surface area contributed by atoms with Crippen molar-refractivity contribution in [3.05, 3.63) is 95.3 Å². The Morgan fingerprint density at radius 3 is 2.75 bits per heavy atom. The third kappa shape index (κ3) is 4.56. The lowest BCUT2D eigenvalue weighted by Crippen LogP contribution is -2.25. The summed E-state index contributed by atoms with van der Waals surface area (Å²) in [6, 6.07) is 19.6. The standard InChI is InChI=1S/C23H23N3O2/c27-23(25-15-18-5-2-1-3-6-18)20-8-9-22-21(13-20)17-26(11-12-28-22)16-19-7-4-10-24-14-19/h1-10,13-14H,11-12,15-17H2,(H,25,27). The Hall–Kier alpha value is -3.18. The van der Waals surface area contributed by atoms with Crippen LogP contribution in [0, 0.1) is 0 Å². The molecule has 5 nitrogen and oxygen atoms in total. The molecule has 0 bridgehead atoms. The zero-order chi connectivity index (χ0) is 19.2. The van der Waals surface area contributed by atoms with E-state index in [1.54, 1.807) is 6.20 Å². The molecule has 0 fully saturated rings. The summed E-state index contributed by atoms with van der Waals surface area (Å²) in [5.41, 5.74) is 3.94. The van der Waals surface area contributed by atoms with E-state index in [0.717, 1.165) is 36.5 Å². The molecule has 1 aliphatic rings. The Labute approximate surface area is 165 Å². The van der Waals surface area contributed by atoms with E-state index in [4.69, 9.17) is 4.74 Å². The molecule has 1 aliphatic heterocycles. The van der Waals surface area contributed by atoms with E-state index in [1.807, 2.05) is 60.8 Å². The lowest BCUT2D eigenvalue weighted by atomic mass is 10.1. The topological polar surface area (TPSA) is 54.5 Å². The largest absolute Gasteiger partial charge is 0.492 e. The number of rotatable bonds is 5. The first kappa shape index (κ1) is 18.2. The van der Waals surface area contributed by atoms with Gasteiger partial charge in [0.1, 0.15) is 12.4 Å². The van der Waals surface area contributed by atoms with Gasteiger partial charge in [-0.1, -0.05) is 36.4 Å². The number of fused-ring (bicyclic) bond motifs is 1. The molecule has 0 spiro atoms. The van der Waals surface area contributed by atoms with E-state index in [-0.39, 0.29) is 5.91 Å². The van der Waals surface area contributed by atoms with Gasteiger partial charge in [-0.2, -0.15) is 0 Å². The average molecular weight is 373 g/mol. The number of benzene rings is 2. The molecule has 2 aromatic carbocycles. The summed E-state index contributed by atoms with van der Waals surface area (Å²) >= 11 is 0. The minimum atomic E-state index is -0.0743. The van der Waals surface area contributed by atoms with Gasteiger partial charge in [-0.3, -0.25) is 14.7 Å². The number of nitrogens with one attached hydrogen (secondary N) is 1. The fourth-order valence-electron chi connectivity index (χ4n) is 3.35. The van der Waals surface area contributed by atoms with Crippen LogP contribution in [0.25, 0.3) is 0 Å². The lowest BCUT2D eigenvalue weighted by Gasteiger charge is -2.19. The molecule has 5 heteroatoms. The third-order valence-electron chi connectivity index (χ3n) is 4.81. The molecule has 142 valence electrons. The quantitative estimate of drug-likeness (QED) is 0.745. The molecule has 0 unspecified atom stereocenters. The molecular weight excluding hydrogens is 350 g/mol. The summed E-state index contributed by atoms with van der Waals surface area (Å²) in [5, 5.41) is 2.99. The minimum Gasteiger partial charge on any atom is -0.492 e. The molecule has 1 aromatic heterocycles. The lowest BCUT2D eigenvalue weighted by molar-refractivity contribution is 0.0950. The second-order valence-corrected chi connectivity index (χ2v) is 6.91. The van der Waals surface area contributed by atoms with Crippen LogP contribution >= 0.6 is 0 Å². The Balaban J connectivity index is 1.45. The van der Waals surface area contributed by atoms with Gasteiger partial charge in [0.05, 0.1) is 0 Å². The minimum absolute atomic E-state index is 0.0743. The maximum Gasteiger partial charge on any atom is 0.251 e. The van der Waals surface area contributed by atoms with Crippen molar-refractivity contribution >= 4 is 5.91 Å². The summed E-state index contributed by atoms with van der Waals surface area (Å²) in [6.07, 6.45) is 3.67. The number of carbonyl (C=O) groups excluding carboxylic acids is 1. The van der Waals surface area contributed by atoms with Crippen molar-refractivity contribution in [3.63, 3.8) is 0 Å². The SMILES string of the molecule is O=C(NCc1ccccc1)c1ccc2c(c1)CN(Cc1cccnc1)CCO2. The zero-order valence-corrected chi connectivity index (χ0v) is 15.7. The second-order valence-electron chi connectivity index (χ2n) is 6.91. The van der Waals surface area contributed by atoms with Crippen LogP contribution in [0.1, 0.15) is 27.0 Å². The van der Waals surface area contributed by atoms with Crippen LogP contribution in [-0.2, 0) is 19.6 Å². The van der Waals surface area contributed by atoms with E-state index in [2.05, 4.69) is 21.3 Å². The summed E-state index contributed by atoms with van der Waals surface area (Å²) in [7, 11) is 0. The summed E-state index contributed by atoms with van der Waals surface area (Å²) < 4.78 is 5.89. The number of carbonyl (C=O) groups is 1. The van der Waals surface area contributed by atoms with E-state index in [9.17, 15) is 4.79 Å². The highest BCUT2D eigenvalue weighted by atomic mass is 16.5. The summed E-state index contributed by atoms with van der Waals surface area (Å²) in [4.78, 5) is 19.1. The van der Waals surface area contributed by atoms with Gasteiger partial charge >= 0.3 is 0 Å². The van der Waals surface area contributed by atoms with Crippen LogP contribution in [0.3, 0.4) is 0 Å². The second kappa shape index (κ2) is 8.67. The molecule has 0 saturated carbocycles. The fourth-order valence-corrected chi connectivity index (χ4v) is 3.35. The van der Waals surface area contributed by atoms with Crippen molar-refractivity contribution in [1.82, 2.24) is 15.2 Å². The summed E-state index contributed by atoms with van der Waals surface area (Å²) in [5.74, 6) is 0.781. The van der Waals surface area contributed by atoms with Gasteiger partial charge in [0.15, 0.2) is 0 Å². The van der Waals surface area contributed by atoms with Crippen molar-refractivity contribution < 1.29 is 9.53 Å². The number of nitrogens with zero attached hydrogens (tertiary/aromatic N) is 2. The number of ether oxygens (including phenoxy) is 1. The van der Waals surface area contributed by atoms with E-state index < -0.39 is 0 Å². The van der Waals surface area contributed by atoms with Crippen LogP contribution in [0.4, 0.5) is 0 Å². The van der Waals surface area contributed by atoms with Gasteiger partial charge in [-0.15, -0.1) is 0 Å². The molecule has 2 heterocycles. The van der Waals surface area contributed by atoms with E-state index in [1.165, 1.54) is 5.56 Å². The van der Waals surface area contributed by atoms with Gasteiger partial charge in [-0.05, 0) is 35.4 Å². The number of amides is 1. The monoisotopic (exact) mass is 373 g/mol. The van der Waals surface area contributed by atoms with Crippen LogP contribution in [0.5, 0.6) is 5.75 Å². The average Bonchev–Trinajstić information content (AvgIpc) is 2.94. The van der Waals surface area contributed by atoms with Crippen LogP contribution in [-0.4, -0.2) is 28.9 Å². The molecule has 0 atom stereocenters. The molecule has 0 radical (unpaired) electrons. The highest BCUT2D eigenvalue weighted by Gasteiger charge is 2.17. The maximum atomic E-state index is 12.6. The van der Waals surface area contributed by atoms with Gasteiger partial charge in [0.2, 0.25) is 0 Å². The van der Waals surface area contributed by atoms with Gasteiger partial charge in [0.25, 0.3) is 5.91 Å². The first-order valence-corrected chi connectivity index (χ1v) is 9.47. The number of pyridine rings is 1. The molecule has 4 rings (SSSR count).